The summed E-state index contributed by atoms with van der Waals surface area (Å²) in [5.74, 6) is 5.00. The van der Waals surface area contributed by atoms with Crippen molar-refractivity contribution >= 4 is 41.0 Å². The van der Waals surface area contributed by atoms with Crippen molar-refractivity contribution in [3.05, 3.63) is 12.1 Å². The first-order chi connectivity index (χ1) is 16.0. The summed E-state index contributed by atoms with van der Waals surface area (Å²) in [4.78, 5) is 27.3. The van der Waals surface area contributed by atoms with Gasteiger partial charge in [-0.25, -0.2) is 4.98 Å². The van der Waals surface area contributed by atoms with E-state index in [4.69, 9.17) is 20.2 Å². The van der Waals surface area contributed by atoms with Crippen molar-refractivity contribution in [2.24, 2.45) is 23.2 Å². The SMILES string of the molecule is COc1cc2nc(N3CCN(C(=O)C45CC6CC(CC(C6)C4)C5)CC3)nc(N)c2cc1OC.Cl. The van der Waals surface area contributed by atoms with Crippen molar-refractivity contribution in [2.75, 3.05) is 51.0 Å². The number of fused-ring (bicyclic) bond motifs is 1. The van der Waals surface area contributed by atoms with Crippen LogP contribution in [0.1, 0.15) is 38.5 Å². The number of nitrogens with zero attached hydrogens (tertiary/aromatic N) is 4. The lowest BCUT2D eigenvalue weighted by atomic mass is 9.49. The Morgan fingerprint density at radius 3 is 2.06 bits per heavy atom. The maximum Gasteiger partial charge on any atom is 0.228 e. The first-order valence-electron chi connectivity index (χ1n) is 12.2. The average molecular weight is 488 g/mol. The number of nitrogens with two attached hydrogens (primary N) is 1. The van der Waals surface area contributed by atoms with E-state index >= 15 is 0 Å². The van der Waals surface area contributed by atoms with Crippen LogP contribution in [-0.2, 0) is 4.79 Å². The Bertz CT molecular complexity index is 1070. The van der Waals surface area contributed by atoms with Gasteiger partial charge >= 0.3 is 0 Å². The largest absolute Gasteiger partial charge is 0.493 e. The maximum absolute atomic E-state index is 13.7. The molecule has 2 N–H and O–H groups in total. The molecule has 5 fully saturated rings. The van der Waals surface area contributed by atoms with Gasteiger partial charge in [0.25, 0.3) is 0 Å². The molecule has 4 saturated carbocycles. The fourth-order valence-corrected chi connectivity index (χ4v) is 7.43. The van der Waals surface area contributed by atoms with Crippen molar-refractivity contribution in [3.8, 4) is 11.5 Å². The summed E-state index contributed by atoms with van der Waals surface area (Å²) >= 11 is 0. The first kappa shape index (κ1) is 23.3. The molecule has 7 rings (SSSR count). The van der Waals surface area contributed by atoms with Gasteiger partial charge in [-0.05, 0) is 62.3 Å². The number of halogens is 1. The summed E-state index contributed by atoms with van der Waals surface area (Å²) in [5.41, 5.74) is 6.94. The van der Waals surface area contributed by atoms with Crippen molar-refractivity contribution in [1.82, 2.24) is 14.9 Å². The Hall–Kier alpha value is -2.48. The normalized spacial score (nSPS) is 29.8. The number of carbonyl (C=O) groups excluding carboxylic acids is 1. The number of methoxy groups -OCH3 is 2. The van der Waals surface area contributed by atoms with Gasteiger partial charge in [0.1, 0.15) is 5.82 Å². The van der Waals surface area contributed by atoms with E-state index in [0.717, 1.165) is 61.0 Å². The fraction of sp³-hybridized carbons (Fsp3) is 0.640. The van der Waals surface area contributed by atoms with Crippen LogP contribution >= 0.6 is 12.4 Å². The number of aromatic nitrogens is 2. The molecular weight excluding hydrogens is 454 g/mol. The number of amides is 1. The minimum Gasteiger partial charge on any atom is -0.493 e. The van der Waals surface area contributed by atoms with Gasteiger partial charge in [-0.3, -0.25) is 4.79 Å². The lowest BCUT2D eigenvalue weighted by Gasteiger charge is -2.57. The summed E-state index contributed by atoms with van der Waals surface area (Å²) in [7, 11) is 3.20. The Labute approximate surface area is 206 Å². The predicted molar refractivity (Wildman–Crippen MR) is 134 cm³/mol. The molecule has 1 aromatic heterocycles. The molecule has 0 radical (unpaired) electrons. The highest BCUT2D eigenvalue weighted by atomic mass is 35.5. The number of carbonyl (C=O) groups is 1. The number of hydrogen-bond donors (Lipinski definition) is 1. The zero-order chi connectivity index (χ0) is 22.7. The van der Waals surface area contributed by atoms with E-state index in [1.165, 1.54) is 19.3 Å². The lowest BCUT2D eigenvalue weighted by Crippen LogP contribution is -2.58. The highest BCUT2D eigenvalue weighted by Gasteiger charge is 2.55. The Kier molecular flexibility index (Phi) is 5.91. The molecule has 34 heavy (non-hydrogen) atoms. The number of ether oxygens (including phenoxy) is 2. The molecule has 4 aliphatic carbocycles. The monoisotopic (exact) mass is 487 g/mol. The molecule has 2 heterocycles. The summed E-state index contributed by atoms with van der Waals surface area (Å²) in [6.07, 6.45) is 7.43. The molecular formula is C25H34ClN5O3. The van der Waals surface area contributed by atoms with Gasteiger partial charge in [-0.2, -0.15) is 4.98 Å². The Morgan fingerprint density at radius 2 is 1.50 bits per heavy atom. The van der Waals surface area contributed by atoms with Crippen LogP contribution in [0.25, 0.3) is 10.9 Å². The molecule has 4 bridgehead atoms. The summed E-state index contributed by atoms with van der Waals surface area (Å²) in [6.45, 7) is 2.87. The van der Waals surface area contributed by atoms with Crippen molar-refractivity contribution in [3.63, 3.8) is 0 Å². The van der Waals surface area contributed by atoms with E-state index in [-0.39, 0.29) is 17.8 Å². The van der Waals surface area contributed by atoms with Crippen molar-refractivity contribution < 1.29 is 14.3 Å². The van der Waals surface area contributed by atoms with Gasteiger partial charge in [0, 0.05) is 37.6 Å². The lowest BCUT2D eigenvalue weighted by molar-refractivity contribution is -0.158. The van der Waals surface area contributed by atoms with Crippen LogP contribution in [0.15, 0.2) is 12.1 Å². The van der Waals surface area contributed by atoms with Crippen LogP contribution in [0.4, 0.5) is 11.8 Å². The summed E-state index contributed by atoms with van der Waals surface area (Å²) < 4.78 is 10.8. The van der Waals surface area contributed by atoms with Gasteiger partial charge in [0.05, 0.1) is 25.2 Å². The van der Waals surface area contributed by atoms with Gasteiger partial charge in [-0.15, -0.1) is 12.4 Å². The van der Waals surface area contributed by atoms with E-state index < -0.39 is 0 Å². The molecule has 8 nitrogen and oxygen atoms in total. The van der Waals surface area contributed by atoms with Gasteiger partial charge in [0.15, 0.2) is 11.5 Å². The van der Waals surface area contributed by atoms with Crippen LogP contribution in [0, 0.1) is 23.2 Å². The second-order valence-electron chi connectivity index (χ2n) is 10.6. The Morgan fingerprint density at radius 1 is 0.941 bits per heavy atom. The third kappa shape index (κ3) is 3.70. The maximum atomic E-state index is 13.7. The standard InChI is InChI=1S/C25H33N5O3.ClH/c1-32-20-10-18-19(11-21(20)33-2)27-24(28-22(18)26)30-5-3-29(4-6-30)23(31)25-12-15-7-16(13-25)9-17(8-15)14-25;/h10-11,15-17H,3-9,12-14H2,1-2H3,(H2,26,27,28);1H. The topological polar surface area (TPSA) is 93.8 Å². The first-order valence-corrected chi connectivity index (χ1v) is 12.2. The number of anilines is 2. The quantitative estimate of drug-likeness (QED) is 0.705. The summed E-state index contributed by atoms with van der Waals surface area (Å²) in [6, 6.07) is 3.65. The zero-order valence-electron chi connectivity index (χ0n) is 20.0. The van der Waals surface area contributed by atoms with Crippen LogP contribution in [-0.4, -0.2) is 61.2 Å². The predicted octanol–water partition coefficient (Wildman–Crippen LogP) is 3.52. The van der Waals surface area contributed by atoms with Crippen LogP contribution < -0.4 is 20.1 Å². The van der Waals surface area contributed by atoms with E-state index in [1.807, 2.05) is 12.1 Å². The van der Waals surface area contributed by atoms with Crippen LogP contribution in [0.5, 0.6) is 11.5 Å². The van der Waals surface area contributed by atoms with Crippen molar-refractivity contribution in [1.29, 1.82) is 0 Å². The van der Waals surface area contributed by atoms with Gasteiger partial charge < -0.3 is 25.0 Å². The minimum absolute atomic E-state index is 0. The summed E-state index contributed by atoms with van der Waals surface area (Å²) in [5, 5.41) is 0.743. The fourth-order valence-electron chi connectivity index (χ4n) is 7.43. The number of hydrogen-bond acceptors (Lipinski definition) is 7. The van der Waals surface area contributed by atoms with E-state index in [0.29, 0.717) is 42.3 Å². The van der Waals surface area contributed by atoms with Crippen molar-refractivity contribution in [2.45, 2.75) is 38.5 Å². The highest BCUT2D eigenvalue weighted by molar-refractivity contribution is 5.92. The minimum atomic E-state index is -0.0730. The molecule has 5 aliphatic rings. The number of piperazine rings is 1. The molecule has 0 unspecified atom stereocenters. The molecule has 1 amide bonds. The molecule has 1 aliphatic heterocycles. The third-order valence-corrected chi connectivity index (χ3v) is 8.56. The smallest absolute Gasteiger partial charge is 0.228 e. The number of benzene rings is 1. The van der Waals surface area contributed by atoms with Gasteiger partial charge in [0.2, 0.25) is 11.9 Å². The molecule has 1 saturated heterocycles. The molecule has 0 spiro atoms. The number of rotatable bonds is 4. The molecule has 0 atom stereocenters. The average Bonchev–Trinajstić information content (AvgIpc) is 2.82. The van der Waals surface area contributed by atoms with Gasteiger partial charge in [-0.1, -0.05) is 0 Å². The zero-order valence-corrected chi connectivity index (χ0v) is 20.8. The van der Waals surface area contributed by atoms with Crippen LogP contribution in [0.3, 0.4) is 0 Å². The molecule has 1 aromatic carbocycles. The number of nitrogen functional groups attached to an aromatic ring is 1. The van der Waals surface area contributed by atoms with E-state index in [2.05, 4.69) is 14.8 Å². The van der Waals surface area contributed by atoms with E-state index in [9.17, 15) is 4.79 Å². The van der Waals surface area contributed by atoms with E-state index in [1.54, 1.807) is 14.2 Å². The molecule has 2 aromatic rings. The molecule has 9 heteroatoms. The third-order valence-electron chi connectivity index (χ3n) is 8.56. The Balaban J connectivity index is 0.00000241. The second-order valence-corrected chi connectivity index (χ2v) is 10.6. The van der Waals surface area contributed by atoms with Crippen LogP contribution in [0.2, 0.25) is 0 Å². The molecule has 184 valence electrons. The second kappa shape index (κ2) is 8.63. The highest BCUT2D eigenvalue weighted by Crippen LogP contribution is 2.60.